The maximum absolute atomic E-state index is 10.1. The van der Waals surface area contributed by atoms with E-state index in [2.05, 4.69) is 0 Å². The van der Waals surface area contributed by atoms with Gasteiger partial charge in [0.1, 0.15) is 6.04 Å². The molecule has 12 heavy (non-hydrogen) atoms. The van der Waals surface area contributed by atoms with E-state index < -0.39 is 12.0 Å². The first kappa shape index (κ1) is 13.4. The fourth-order valence-corrected chi connectivity index (χ4v) is 0.609. The molecule has 1 atom stereocenters. The summed E-state index contributed by atoms with van der Waals surface area (Å²) in [6.07, 6.45) is 1.30. The SMILES string of the molecule is CC(C)CC(N)C(=O)O.N=C=O. The van der Waals surface area contributed by atoms with Gasteiger partial charge in [-0.05, 0) is 12.3 Å². The van der Waals surface area contributed by atoms with Crippen LogP contribution in [0.15, 0.2) is 0 Å². The average Bonchev–Trinajstić information content (AvgIpc) is 1.87. The minimum atomic E-state index is -0.913. The molecule has 0 aliphatic heterocycles. The Balaban J connectivity index is 0. The molecule has 0 aromatic rings. The third-order valence-corrected chi connectivity index (χ3v) is 1.04. The van der Waals surface area contributed by atoms with Gasteiger partial charge in [0.25, 0.3) is 0 Å². The van der Waals surface area contributed by atoms with Crippen molar-refractivity contribution >= 4 is 12.0 Å². The topological polar surface area (TPSA) is 104 Å². The quantitative estimate of drug-likeness (QED) is 0.424. The summed E-state index contributed by atoms with van der Waals surface area (Å²) in [7, 11) is 0. The van der Waals surface area contributed by atoms with E-state index >= 15 is 0 Å². The normalized spacial score (nSPS) is 11.0. The molecule has 0 amide bonds. The summed E-state index contributed by atoms with van der Waals surface area (Å²) in [5.41, 5.74) is 5.22. The van der Waals surface area contributed by atoms with Crippen LogP contribution in [-0.4, -0.2) is 23.2 Å². The van der Waals surface area contributed by atoms with E-state index in [0.29, 0.717) is 12.3 Å². The predicted octanol–water partition coefficient (Wildman–Crippen LogP) is 0.345. The predicted molar refractivity (Wildman–Crippen MR) is 43.5 cm³/mol. The van der Waals surface area contributed by atoms with Crippen LogP contribution in [0.5, 0.6) is 0 Å². The van der Waals surface area contributed by atoms with Crippen LogP contribution in [0, 0.1) is 11.3 Å². The molecule has 5 heteroatoms. The maximum atomic E-state index is 10.1. The number of nitrogens with one attached hydrogen (secondary N) is 1. The molecule has 1 unspecified atom stereocenters. The summed E-state index contributed by atoms with van der Waals surface area (Å²) in [5.74, 6) is -0.556. The van der Waals surface area contributed by atoms with Gasteiger partial charge in [-0.15, -0.1) is 0 Å². The van der Waals surface area contributed by atoms with Gasteiger partial charge in [-0.3, -0.25) is 4.79 Å². The Hall–Kier alpha value is -1.19. The summed E-state index contributed by atoms with van der Waals surface area (Å²) < 4.78 is 0. The molecule has 4 N–H and O–H groups in total. The van der Waals surface area contributed by atoms with E-state index in [1.807, 2.05) is 13.8 Å². The third-order valence-electron chi connectivity index (χ3n) is 1.04. The highest BCUT2D eigenvalue weighted by Gasteiger charge is 2.11. The maximum Gasteiger partial charge on any atom is 0.320 e. The zero-order valence-corrected chi connectivity index (χ0v) is 7.20. The molecule has 0 saturated heterocycles. The van der Waals surface area contributed by atoms with Gasteiger partial charge in [0.05, 0.1) is 0 Å². The Morgan fingerprint density at radius 2 is 2.00 bits per heavy atom. The summed E-state index contributed by atoms with van der Waals surface area (Å²) >= 11 is 0. The van der Waals surface area contributed by atoms with Gasteiger partial charge in [0.15, 0.2) is 0 Å². The zero-order chi connectivity index (χ0) is 10.1. The van der Waals surface area contributed by atoms with Crippen LogP contribution in [0.3, 0.4) is 0 Å². The minimum absolute atomic E-state index is 0.357. The lowest BCUT2D eigenvalue weighted by molar-refractivity contribution is -0.138. The number of carbonyl (C=O) groups is 1. The van der Waals surface area contributed by atoms with Crippen LogP contribution in [0.1, 0.15) is 20.3 Å². The van der Waals surface area contributed by atoms with Crippen molar-refractivity contribution < 1.29 is 14.7 Å². The van der Waals surface area contributed by atoms with Crippen molar-refractivity contribution in [1.29, 1.82) is 5.41 Å². The van der Waals surface area contributed by atoms with Crippen LogP contribution in [-0.2, 0) is 9.59 Å². The number of aliphatic carboxylic acids is 1. The Morgan fingerprint density at radius 1 is 1.67 bits per heavy atom. The molecule has 0 aromatic heterocycles. The molecule has 0 bridgehead atoms. The first-order chi connectivity index (χ1) is 5.45. The first-order valence-electron chi connectivity index (χ1n) is 3.48. The average molecular weight is 174 g/mol. The van der Waals surface area contributed by atoms with Gasteiger partial charge in [0.2, 0.25) is 6.08 Å². The number of carbonyl (C=O) groups excluding carboxylic acids is 1. The van der Waals surface area contributed by atoms with E-state index in [1.54, 1.807) is 0 Å². The number of rotatable bonds is 3. The largest absolute Gasteiger partial charge is 0.480 e. The first-order valence-corrected chi connectivity index (χ1v) is 3.48. The molecule has 70 valence electrons. The van der Waals surface area contributed by atoms with Gasteiger partial charge in [-0.25, -0.2) is 10.2 Å². The van der Waals surface area contributed by atoms with E-state index in [4.69, 9.17) is 21.0 Å². The van der Waals surface area contributed by atoms with Crippen LogP contribution in [0.25, 0.3) is 0 Å². The van der Waals surface area contributed by atoms with Crippen LogP contribution in [0.2, 0.25) is 0 Å². The van der Waals surface area contributed by atoms with E-state index in [0.717, 1.165) is 6.08 Å². The van der Waals surface area contributed by atoms with Gasteiger partial charge in [0, 0.05) is 0 Å². The van der Waals surface area contributed by atoms with E-state index in [9.17, 15) is 4.79 Å². The van der Waals surface area contributed by atoms with Crippen molar-refractivity contribution in [2.75, 3.05) is 0 Å². The molecule has 0 radical (unpaired) electrons. The monoisotopic (exact) mass is 174 g/mol. The van der Waals surface area contributed by atoms with Crippen molar-refractivity contribution in [2.24, 2.45) is 11.7 Å². The van der Waals surface area contributed by atoms with Crippen molar-refractivity contribution in [1.82, 2.24) is 0 Å². The van der Waals surface area contributed by atoms with E-state index in [1.165, 1.54) is 0 Å². The number of nitrogens with two attached hydrogens (primary N) is 1. The number of isocyanates is 1. The fraction of sp³-hybridized carbons (Fsp3) is 0.714. The Bertz CT molecular complexity index is 162. The second-order valence-corrected chi connectivity index (χ2v) is 2.68. The molecular formula is C7H14N2O3. The number of carboxylic acids is 1. The Kier molecular flexibility index (Phi) is 8.84. The fourth-order valence-electron chi connectivity index (χ4n) is 0.609. The highest BCUT2D eigenvalue weighted by molar-refractivity contribution is 5.72. The Labute approximate surface area is 71.1 Å². The lowest BCUT2D eigenvalue weighted by atomic mass is 10.1. The van der Waals surface area contributed by atoms with Gasteiger partial charge in [-0.1, -0.05) is 13.8 Å². The van der Waals surface area contributed by atoms with Crippen molar-refractivity contribution in [2.45, 2.75) is 26.3 Å². The summed E-state index contributed by atoms with van der Waals surface area (Å²) in [6.45, 7) is 3.89. The molecule has 5 nitrogen and oxygen atoms in total. The highest BCUT2D eigenvalue weighted by atomic mass is 16.4. The Morgan fingerprint density at radius 3 is 2.08 bits per heavy atom. The number of hydrogen-bond acceptors (Lipinski definition) is 4. The van der Waals surface area contributed by atoms with Crippen LogP contribution in [0.4, 0.5) is 0 Å². The van der Waals surface area contributed by atoms with Crippen LogP contribution < -0.4 is 5.73 Å². The van der Waals surface area contributed by atoms with Crippen molar-refractivity contribution in [3.05, 3.63) is 0 Å². The summed E-state index contributed by atoms with van der Waals surface area (Å²) in [6, 6.07) is -0.690. The van der Waals surface area contributed by atoms with Crippen molar-refractivity contribution in [3.63, 3.8) is 0 Å². The second kappa shape index (κ2) is 7.91. The van der Waals surface area contributed by atoms with E-state index in [-0.39, 0.29) is 0 Å². The lowest BCUT2D eigenvalue weighted by Gasteiger charge is -2.07. The third kappa shape index (κ3) is 11.6. The molecule has 0 saturated carbocycles. The lowest BCUT2D eigenvalue weighted by Crippen LogP contribution is -2.31. The standard InChI is InChI=1S/C6H13NO2.CHNO/c1-4(2)3-5(7)6(8)9;2-1-3/h4-5H,3,7H2,1-2H3,(H,8,9);2H. The zero-order valence-electron chi connectivity index (χ0n) is 7.20. The smallest absolute Gasteiger partial charge is 0.320 e. The van der Waals surface area contributed by atoms with Crippen LogP contribution >= 0.6 is 0 Å². The highest BCUT2D eigenvalue weighted by Crippen LogP contribution is 2.01. The van der Waals surface area contributed by atoms with Crippen molar-refractivity contribution in [3.8, 4) is 0 Å². The second-order valence-electron chi connectivity index (χ2n) is 2.68. The summed E-state index contributed by atoms with van der Waals surface area (Å²) in [4.78, 5) is 18.5. The number of carboxylic acid groups (broad SMARTS) is 1. The van der Waals surface area contributed by atoms with Gasteiger partial charge < -0.3 is 10.8 Å². The molecule has 0 heterocycles. The molecule has 0 spiro atoms. The molecule has 0 rings (SSSR count). The minimum Gasteiger partial charge on any atom is -0.480 e. The number of hydrogen-bond donors (Lipinski definition) is 3. The molecule has 0 aliphatic carbocycles. The molecule has 0 fully saturated rings. The molecule has 0 aliphatic rings. The molecule has 0 aromatic carbocycles. The van der Waals surface area contributed by atoms with Gasteiger partial charge >= 0.3 is 5.97 Å². The summed E-state index contributed by atoms with van der Waals surface area (Å²) in [5, 5.41) is 13.7. The molecular weight excluding hydrogens is 160 g/mol. The van der Waals surface area contributed by atoms with Gasteiger partial charge in [-0.2, -0.15) is 0 Å².